The van der Waals surface area contributed by atoms with Gasteiger partial charge in [-0.15, -0.1) is 0 Å². The van der Waals surface area contributed by atoms with Gasteiger partial charge in [0.2, 0.25) is 10.0 Å². The first kappa shape index (κ1) is 16.3. The molecule has 0 spiro atoms. The molecular weight excluding hydrogens is 286 g/mol. The molecule has 1 atom stereocenters. The number of nitrogens with zero attached hydrogens (tertiary/aromatic N) is 1. The summed E-state index contributed by atoms with van der Waals surface area (Å²) >= 11 is 0. The van der Waals surface area contributed by atoms with Gasteiger partial charge in [0.25, 0.3) is 0 Å². The Labute approximate surface area is 128 Å². The minimum Gasteiger partial charge on any atom is -0.497 e. The van der Waals surface area contributed by atoms with Gasteiger partial charge >= 0.3 is 0 Å². The molecule has 2 rings (SSSR count). The zero-order valence-corrected chi connectivity index (χ0v) is 13.7. The maximum absolute atomic E-state index is 12.0. The summed E-state index contributed by atoms with van der Waals surface area (Å²) in [5, 5.41) is 0. The van der Waals surface area contributed by atoms with Gasteiger partial charge < -0.3 is 4.74 Å². The van der Waals surface area contributed by atoms with Gasteiger partial charge in [0, 0.05) is 13.1 Å². The largest absolute Gasteiger partial charge is 0.497 e. The van der Waals surface area contributed by atoms with Crippen LogP contribution in [0.15, 0.2) is 24.3 Å². The SMILES string of the molecule is CCS(=O)(=O)N1CCC[C@@H](CCc2cccc(OC)c2)C1. The van der Waals surface area contributed by atoms with Gasteiger partial charge in [0.1, 0.15) is 5.75 Å². The van der Waals surface area contributed by atoms with E-state index in [2.05, 4.69) is 12.1 Å². The molecule has 0 aromatic heterocycles. The normalized spacial score (nSPS) is 20.4. The summed E-state index contributed by atoms with van der Waals surface area (Å²) in [4.78, 5) is 0. The van der Waals surface area contributed by atoms with E-state index in [-0.39, 0.29) is 5.75 Å². The quantitative estimate of drug-likeness (QED) is 0.811. The Kier molecular flexibility index (Phi) is 5.65. The molecule has 5 heteroatoms. The molecule has 118 valence electrons. The van der Waals surface area contributed by atoms with E-state index in [0.29, 0.717) is 19.0 Å². The van der Waals surface area contributed by atoms with Crippen molar-refractivity contribution in [3.05, 3.63) is 29.8 Å². The van der Waals surface area contributed by atoms with Crippen LogP contribution in [0.3, 0.4) is 0 Å². The van der Waals surface area contributed by atoms with Gasteiger partial charge in [0.05, 0.1) is 12.9 Å². The zero-order chi connectivity index (χ0) is 15.3. The van der Waals surface area contributed by atoms with Crippen molar-refractivity contribution in [1.82, 2.24) is 4.31 Å². The lowest BCUT2D eigenvalue weighted by Crippen LogP contribution is -2.40. The number of aryl methyl sites for hydroxylation is 1. The van der Waals surface area contributed by atoms with Gasteiger partial charge in [-0.1, -0.05) is 12.1 Å². The summed E-state index contributed by atoms with van der Waals surface area (Å²) < 4.78 is 30.8. The van der Waals surface area contributed by atoms with E-state index in [0.717, 1.165) is 31.4 Å². The van der Waals surface area contributed by atoms with Crippen molar-refractivity contribution in [2.75, 3.05) is 26.0 Å². The highest BCUT2D eigenvalue weighted by atomic mass is 32.2. The molecule has 0 saturated carbocycles. The summed E-state index contributed by atoms with van der Waals surface area (Å²) in [6.45, 7) is 3.08. The first-order valence-corrected chi connectivity index (χ1v) is 9.27. The first-order valence-electron chi connectivity index (χ1n) is 7.66. The van der Waals surface area contributed by atoms with Crippen LogP contribution < -0.4 is 4.74 Å². The fraction of sp³-hybridized carbons (Fsp3) is 0.625. The van der Waals surface area contributed by atoms with Crippen molar-refractivity contribution in [2.24, 2.45) is 5.92 Å². The molecule has 1 aliphatic heterocycles. The molecule has 1 fully saturated rings. The second kappa shape index (κ2) is 7.27. The van der Waals surface area contributed by atoms with E-state index in [1.807, 2.05) is 12.1 Å². The Morgan fingerprint density at radius 3 is 2.90 bits per heavy atom. The molecule has 1 heterocycles. The van der Waals surface area contributed by atoms with Crippen LogP contribution in [0.2, 0.25) is 0 Å². The van der Waals surface area contributed by atoms with E-state index in [9.17, 15) is 8.42 Å². The monoisotopic (exact) mass is 311 g/mol. The van der Waals surface area contributed by atoms with Gasteiger partial charge in [-0.3, -0.25) is 0 Å². The second-order valence-electron chi connectivity index (χ2n) is 5.66. The van der Waals surface area contributed by atoms with Crippen molar-refractivity contribution in [1.29, 1.82) is 0 Å². The molecule has 0 amide bonds. The van der Waals surface area contributed by atoms with Crippen molar-refractivity contribution in [3.63, 3.8) is 0 Å². The Morgan fingerprint density at radius 1 is 1.38 bits per heavy atom. The number of hydrogen-bond acceptors (Lipinski definition) is 3. The fourth-order valence-electron chi connectivity index (χ4n) is 2.90. The van der Waals surface area contributed by atoms with Crippen LogP contribution >= 0.6 is 0 Å². The van der Waals surface area contributed by atoms with Crippen LogP contribution in [0.5, 0.6) is 5.75 Å². The van der Waals surface area contributed by atoms with Crippen LogP contribution in [-0.2, 0) is 16.4 Å². The van der Waals surface area contributed by atoms with E-state index in [4.69, 9.17) is 4.74 Å². The standard InChI is InChI=1S/C16H25NO3S/c1-3-21(18,19)17-11-5-7-15(13-17)10-9-14-6-4-8-16(12-14)20-2/h4,6,8,12,15H,3,5,7,9-11,13H2,1-2H3/t15-/m0/s1. The summed E-state index contributed by atoms with van der Waals surface area (Å²) in [6.07, 6.45) is 4.10. The van der Waals surface area contributed by atoms with E-state index >= 15 is 0 Å². The van der Waals surface area contributed by atoms with Crippen LogP contribution in [0.1, 0.15) is 31.7 Å². The molecule has 1 saturated heterocycles. The van der Waals surface area contributed by atoms with E-state index in [1.54, 1.807) is 18.3 Å². The van der Waals surface area contributed by atoms with Crippen LogP contribution in [-0.4, -0.2) is 38.7 Å². The molecule has 21 heavy (non-hydrogen) atoms. The van der Waals surface area contributed by atoms with E-state index in [1.165, 1.54) is 5.56 Å². The third-order valence-electron chi connectivity index (χ3n) is 4.22. The topological polar surface area (TPSA) is 46.6 Å². The third kappa shape index (κ3) is 4.45. The van der Waals surface area contributed by atoms with Gasteiger partial charge in [-0.2, -0.15) is 0 Å². The molecule has 1 aliphatic rings. The number of methoxy groups -OCH3 is 1. The number of benzene rings is 1. The molecule has 0 bridgehead atoms. The summed E-state index contributed by atoms with van der Waals surface area (Å²) in [6, 6.07) is 8.11. The van der Waals surface area contributed by atoms with Crippen LogP contribution in [0, 0.1) is 5.92 Å². The lowest BCUT2D eigenvalue weighted by molar-refractivity contribution is 0.256. The van der Waals surface area contributed by atoms with Crippen molar-refractivity contribution >= 4 is 10.0 Å². The summed E-state index contributed by atoms with van der Waals surface area (Å²) in [5.74, 6) is 1.55. The first-order chi connectivity index (χ1) is 10.0. The Bertz CT molecular complexity index is 556. The molecule has 0 N–H and O–H groups in total. The predicted molar refractivity (Wildman–Crippen MR) is 85.1 cm³/mol. The van der Waals surface area contributed by atoms with Gasteiger partial charge in [-0.05, 0) is 56.2 Å². The molecule has 0 unspecified atom stereocenters. The van der Waals surface area contributed by atoms with Gasteiger partial charge in [0.15, 0.2) is 0 Å². The Balaban J connectivity index is 1.91. The predicted octanol–water partition coefficient (Wildman–Crippen LogP) is 2.69. The number of hydrogen-bond donors (Lipinski definition) is 0. The molecule has 0 aliphatic carbocycles. The Morgan fingerprint density at radius 2 is 2.19 bits per heavy atom. The van der Waals surface area contributed by atoms with Gasteiger partial charge in [-0.25, -0.2) is 12.7 Å². The lowest BCUT2D eigenvalue weighted by atomic mass is 9.93. The fourth-order valence-corrected chi connectivity index (χ4v) is 4.11. The molecule has 1 aromatic carbocycles. The Hall–Kier alpha value is -1.07. The lowest BCUT2D eigenvalue weighted by Gasteiger charge is -2.31. The van der Waals surface area contributed by atoms with Crippen molar-refractivity contribution < 1.29 is 13.2 Å². The highest BCUT2D eigenvalue weighted by Gasteiger charge is 2.27. The van der Waals surface area contributed by atoms with E-state index < -0.39 is 10.0 Å². The molecule has 1 aromatic rings. The smallest absolute Gasteiger partial charge is 0.213 e. The maximum Gasteiger partial charge on any atom is 0.213 e. The highest BCUT2D eigenvalue weighted by molar-refractivity contribution is 7.89. The number of piperidine rings is 1. The summed E-state index contributed by atoms with van der Waals surface area (Å²) in [7, 11) is -1.36. The number of sulfonamides is 1. The zero-order valence-electron chi connectivity index (χ0n) is 12.9. The number of rotatable bonds is 6. The molecule has 4 nitrogen and oxygen atoms in total. The maximum atomic E-state index is 12.0. The molecular formula is C16H25NO3S. The van der Waals surface area contributed by atoms with Crippen molar-refractivity contribution in [2.45, 2.75) is 32.6 Å². The average Bonchev–Trinajstić information content (AvgIpc) is 2.53. The highest BCUT2D eigenvalue weighted by Crippen LogP contribution is 2.24. The molecule has 0 radical (unpaired) electrons. The minimum absolute atomic E-state index is 0.204. The summed E-state index contributed by atoms with van der Waals surface area (Å²) in [5.41, 5.74) is 1.25. The van der Waals surface area contributed by atoms with Crippen molar-refractivity contribution in [3.8, 4) is 5.75 Å². The minimum atomic E-state index is -3.03. The second-order valence-corrected chi connectivity index (χ2v) is 7.91. The third-order valence-corrected chi connectivity index (χ3v) is 6.06. The van der Waals surface area contributed by atoms with Crippen LogP contribution in [0.4, 0.5) is 0 Å². The number of ether oxygens (including phenoxy) is 1. The van der Waals surface area contributed by atoms with Crippen LogP contribution in [0.25, 0.3) is 0 Å². The average molecular weight is 311 g/mol.